The van der Waals surface area contributed by atoms with E-state index in [4.69, 9.17) is 10.8 Å². The van der Waals surface area contributed by atoms with Crippen LogP contribution in [0.1, 0.15) is 163 Å². The van der Waals surface area contributed by atoms with Crippen LogP contribution in [0, 0.1) is 35.5 Å². The number of nitrogens with two attached hydrogens (primary N) is 1. The van der Waals surface area contributed by atoms with Gasteiger partial charge in [-0.2, -0.15) is 0 Å². The van der Waals surface area contributed by atoms with E-state index in [0.29, 0.717) is 28.5 Å². The van der Waals surface area contributed by atoms with Crippen LogP contribution in [0.15, 0.2) is 62.6 Å². The predicted molar refractivity (Wildman–Crippen MR) is 392 cm³/mol. The van der Waals surface area contributed by atoms with Crippen molar-refractivity contribution >= 4 is 76.9 Å². The Hall–Kier alpha value is -10.9. The van der Waals surface area contributed by atoms with Gasteiger partial charge in [-0.05, 0) is 80.5 Å². The van der Waals surface area contributed by atoms with Gasteiger partial charge in [-0.15, -0.1) is 0 Å². The lowest BCUT2D eigenvalue weighted by molar-refractivity contribution is -0.142. The van der Waals surface area contributed by atoms with Crippen molar-refractivity contribution < 1.29 is 72.5 Å². The minimum Gasteiger partial charge on any atom is -0.481 e. The third-order valence-corrected chi connectivity index (χ3v) is 17.0. The number of hydrogen-bond acceptors (Lipinski definition) is 19. The lowest BCUT2D eigenvalue weighted by Gasteiger charge is -2.29. The molecule has 0 unspecified atom stereocenters. The van der Waals surface area contributed by atoms with Gasteiger partial charge in [0.15, 0.2) is 0 Å². The molecule has 594 valence electrons. The summed E-state index contributed by atoms with van der Waals surface area (Å²) < 4.78 is 0. The van der Waals surface area contributed by atoms with Gasteiger partial charge in [0.05, 0.1) is 66.1 Å². The second-order valence-electron chi connectivity index (χ2n) is 29.7. The number of nitrogens with zero attached hydrogens (tertiary/aromatic N) is 5. The molecule has 0 radical (unpaired) electrons. The third kappa shape index (κ3) is 30.9. The highest BCUT2D eigenvalue weighted by molar-refractivity contribution is 5.99. The highest BCUT2D eigenvalue weighted by Gasteiger charge is 2.39. The van der Waals surface area contributed by atoms with E-state index in [2.05, 4.69) is 108 Å². The molecular weight excluding hydrogens is 1400 g/mol. The van der Waals surface area contributed by atoms with E-state index in [-0.39, 0.29) is 119 Å². The average Bonchev–Trinajstić information content (AvgIpc) is 1.05. The van der Waals surface area contributed by atoms with Gasteiger partial charge in [-0.25, -0.2) is 29.7 Å². The number of aliphatic carboxylic acids is 2. The van der Waals surface area contributed by atoms with Crippen molar-refractivity contribution in [2.45, 2.75) is 239 Å². The van der Waals surface area contributed by atoms with Crippen LogP contribution >= 0.6 is 0 Å². The van der Waals surface area contributed by atoms with Gasteiger partial charge in [-0.3, -0.25) is 57.5 Å². The second-order valence-corrected chi connectivity index (χ2v) is 29.7. The molecular formula is C71H110N22O15. The van der Waals surface area contributed by atoms with E-state index in [1.165, 1.54) is 62.6 Å². The maximum absolute atomic E-state index is 15.0. The molecule has 0 aliphatic rings. The molecule has 12 atom stereocenters. The Morgan fingerprint density at radius 2 is 0.472 bits per heavy atom. The van der Waals surface area contributed by atoms with Crippen LogP contribution in [0.25, 0.3) is 0 Å². The highest BCUT2D eigenvalue weighted by Crippen LogP contribution is 2.17. The third-order valence-electron chi connectivity index (χ3n) is 17.0. The van der Waals surface area contributed by atoms with Crippen LogP contribution in [0.3, 0.4) is 0 Å². The first-order valence-corrected chi connectivity index (χ1v) is 36.5. The molecule has 0 bridgehead atoms. The Labute approximate surface area is 626 Å². The van der Waals surface area contributed by atoms with Crippen molar-refractivity contribution in [1.29, 1.82) is 0 Å². The van der Waals surface area contributed by atoms with Crippen molar-refractivity contribution in [3.8, 4) is 0 Å². The summed E-state index contributed by atoms with van der Waals surface area (Å²) in [4.78, 5) is 218. The number of nitrogens with one attached hydrogen (secondary N) is 16. The van der Waals surface area contributed by atoms with Gasteiger partial charge in [-0.1, -0.05) is 83.1 Å². The Kier molecular flexibility index (Phi) is 35.5. The maximum atomic E-state index is 15.0. The molecule has 37 heteroatoms. The average molecular weight is 1510 g/mol. The number of carboxylic acid groups (broad SMARTS) is 2. The molecule has 0 spiro atoms. The Morgan fingerprint density at radius 1 is 0.296 bits per heavy atom. The van der Waals surface area contributed by atoms with Crippen molar-refractivity contribution in [1.82, 2.24) is 108 Å². The van der Waals surface area contributed by atoms with Crippen LogP contribution in [0.5, 0.6) is 0 Å². The summed E-state index contributed by atoms with van der Waals surface area (Å²) in [7, 11) is 0. The fraction of sp³-hybridized carbons (Fsp3) is 0.606. The molecule has 0 aliphatic carbocycles. The molecule has 5 aromatic rings. The maximum Gasteiger partial charge on any atom is 0.326 e. The number of carboxylic acids is 2. The molecule has 108 heavy (non-hydrogen) atoms. The van der Waals surface area contributed by atoms with Gasteiger partial charge >= 0.3 is 11.9 Å². The van der Waals surface area contributed by atoms with E-state index < -0.39 is 149 Å². The number of H-pyrrole nitrogens is 5. The van der Waals surface area contributed by atoms with Gasteiger partial charge in [0, 0.05) is 69.5 Å². The number of carbonyl (C=O) groups excluding carboxylic acids is 11. The van der Waals surface area contributed by atoms with Crippen molar-refractivity contribution in [3.05, 3.63) is 91.1 Å². The monoisotopic (exact) mass is 1510 g/mol. The molecule has 20 N–H and O–H groups in total. The summed E-state index contributed by atoms with van der Waals surface area (Å²) >= 11 is 0. The number of aromatic amines is 5. The van der Waals surface area contributed by atoms with Crippen molar-refractivity contribution in [2.24, 2.45) is 41.2 Å². The second kappa shape index (κ2) is 43.7. The summed E-state index contributed by atoms with van der Waals surface area (Å²) in [5.74, 6) is -12.9. The van der Waals surface area contributed by atoms with Crippen LogP contribution in [0.4, 0.5) is 0 Å². The lowest BCUT2D eigenvalue weighted by Crippen LogP contribution is -2.61. The number of rotatable bonds is 48. The molecule has 5 aromatic heterocycles. The Bertz CT molecular complexity index is 3680. The summed E-state index contributed by atoms with van der Waals surface area (Å²) in [5, 5.41) is 49.1. The zero-order chi connectivity index (χ0) is 79.9. The van der Waals surface area contributed by atoms with Gasteiger partial charge < -0.3 is 99.4 Å². The molecule has 0 aliphatic heterocycles. The molecule has 5 heterocycles. The van der Waals surface area contributed by atoms with E-state index in [0.717, 1.165) is 0 Å². The summed E-state index contributed by atoms with van der Waals surface area (Å²) in [6.07, 6.45) is 12.8. The van der Waals surface area contributed by atoms with Crippen molar-refractivity contribution in [2.75, 3.05) is 0 Å². The van der Waals surface area contributed by atoms with Gasteiger partial charge in [0.1, 0.15) is 66.5 Å². The molecule has 0 saturated heterocycles. The van der Waals surface area contributed by atoms with E-state index in [1.54, 1.807) is 55.4 Å². The van der Waals surface area contributed by atoms with Crippen LogP contribution < -0.4 is 64.2 Å². The van der Waals surface area contributed by atoms with Crippen LogP contribution in [-0.2, 0) is 94.4 Å². The first kappa shape index (κ1) is 87.8. The molecule has 0 fully saturated rings. The minimum absolute atomic E-state index is 0.00127. The Balaban J connectivity index is 1.38. The smallest absolute Gasteiger partial charge is 0.326 e. The number of carbonyl (C=O) groups is 13. The fourth-order valence-corrected chi connectivity index (χ4v) is 11.7. The van der Waals surface area contributed by atoms with E-state index in [9.17, 15) is 67.4 Å². The number of aromatic nitrogens is 10. The first-order chi connectivity index (χ1) is 51.0. The number of imidazole rings is 5. The van der Waals surface area contributed by atoms with Crippen LogP contribution in [-0.4, -0.2) is 209 Å². The normalized spacial score (nSPS) is 14.9. The largest absolute Gasteiger partial charge is 0.481 e. The van der Waals surface area contributed by atoms with Crippen molar-refractivity contribution in [3.63, 3.8) is 0 Å². The van der Waals surface area contributed by atoms with E-state index >= 15 is 0 Å². The molecule has 5 rings (SSSR count). The Morgan fingerprint density at radius 3 is 0.648 bits per heavy atom. The fourth-order valence-electron chi connectivity index (χ4n) is 11.7. The zero-order valence-electron chi connectivity index (χ0n) is 63.4. The molecule has 11 amide bonds. The summed E-state index contributed by atoms with van der Waals surface area (Å²) in [5.41, 5.74) is 7.62. The predicted octanol–water partition coefficient (Wildman–Crippen LogP) is -0.299. The first-order valence-electron chi connectivity index (χ1n) is 36.5. The highest BCUT2D eigenvalue weighted by atomic mass is 16.4. The van der Waals surface area contributed by atoms with Gasteiger partial charge in [0.25, 0.3) is 0 Å². The quantitative estimate of drug-likeness (QED) is 0.0238. The summed E-state index contributed by atoms with van der Waals surface area (Å²) in [6.45, 7) is 21.6. The molecule has 37 nitrogen and oxygen atoms in total. The topological polar surface area (TPSA) is 564 Å². The SMILES string of the molecule is CC(C)C[C@H](NC(=O)[C@H](CC(C)C)NC(=O)[C@H](Cc1c[nH]cn1)NC(=O)[C@H](Cc1c[nH]cn1)NC(=O)[C@H](CC(C)C)NC(=O)[C@H](CC(C)C)NC(=O)[C@H](Cc1c[nH]cn1)NC(=O)[C@H](CC(C)C)NC(=O)[C@H](CC(C)C)NC(=O)[C@@H](N)CCC(=O)O)C(=O)N[C@@H](Cc1c[nH]cn1)C(=O)N[C@@H](Cc1c[nH]cn1)C(=O)O. The minimum atomic E-state index is -1.51. The zero-order valence-corrected chi connectivity index (χ0v) is 63.4. The van der Waals surface area contributed by atoms with E-state index in [1.807, 2.05) is 27.7 Å². The van der Waals surface area contributed by atoms with Crippen LogP contribution in [0.2, 0.25) is 0 Å². The number of amides is 11. The number of hydrogen-bond donors (Lipinski definition) is 19. The molecule has 0 aromatic carbocycles. The summed E-state index contributed by atoms with van der Waals surface area (Å²) in [6, 6.07) is -16.4. The van der Waals surface area contributed by atoms with Gasteiger partial charge in [0.2, 0.25) is 65.0 Å². The molecule has 0 saturated carbocycles. The standard InChI is InChI=1S/C71H110N22O15/c1-36(2)15-48(83-60(96)47(72)13-14-59(94)95)61(97)84-51(18-39(7)8)64(100)89-54(21-42-26-73-31-78-42)67(103)87-49(16-37(3)4)62(98)85-52(19-40(9)10)65(101)90-56(23-44-28-75-33-80-44)69(105)92-55(22-43-27-74-32-79-43)68(104)88-50(17-38(5)6)63(99)86-53(20-41(11)12)66(102)91-57(24-45-29-76-34-81-45)70(106)93-58(71(107)108)25-46-30-77-35-82-46/h26-41,47-58H,13-25,72H2,1-12H3,(H,73,78)(H,74,79)(H,75,80)(H,76,81)(H,77,82)(H,83,96)(H,84,97)(H,85,98)(H,86,99)(H,87,103)(H,88,104)(H,89,100)(H,90,101)(H,91,102)(H,92,105)(H,93,106)(H,94,95)(H,107,108)/t47-,48-,49-,50-,51-,52-,53-,54-,55-,56-,57-,58-/m0/s1. The lowest BCUT2D eigenvalue weighted by atomic mass is 9.98.